The van der Waals surface area contributed by atoms with Crippen LogP contribution in [0.2, 0.25) is 0 Å². The van der Waals surface area contributed by atoms with Crippen LogP contribution in [-0.2, 0) is 0 Å². The van der Waals surface area contributed by atoms with Crippen LogP contribution in [0.15, 0.2) is 42.7 Å². The standard InChI is InChI=1S/C16H16N6O2/c1-10-13(11-8-18-16(24-2)19-9-11)21-22(14(10)20-15(17)23)12-6-4-3-5-7-12/h3-9H,1-2H3,(H3,17,20,23). The fourth-order valence-corrected chi connectivity index (χ4v) is 2.33. The Morgan fingerprint density at radius 3 is 2.46 bits per heavy atom. The smallest absolute Gasteiger partial charge is 0.317 e. The number of carbonyl (C=O) groups is 1. The molecule has 0 unspecified atom stereocenters. The van der Waals surface area contributed by atoms with Gasteiger partial charge in [-0.05, 0) is 19.1 Å². The average Bonchev–Trinajstić information content (AvgIpc) is 2.92. The van der Waals surface area contributed by atoms with E-state index in [0.717, 1.165) is 11.3 Å². The Kier molecular flexibility index (Phi) is 4.11. The van der Waals surface area contributed by atoms with Crippen LogP contribution >= 0.6 is 0 Å². The molecule has 8 nitrogen and oxygen atoms in total. The molecule has 0 radical (unpaired) electrons. The van der Waals surface area contributed by atoms with Gasteiger partial charge in [0.05, 0.1) is 12.8 Å². The number of ether oxygens (including phenoxy) is 1. The van der Waals surface area contributed by atoms with Crippen molar-refractivity contribution < 1.29 is 9.53 Å². The van der Waals surface area contributed by atoms with Crippen LogP contribution in [-0.4, -0.2) is 32.9 Å². The fraction of sp³-hybridized carbons (Fsp3) is 0.125. The number of hydrogen-bond acceptors (Lipinski definition) is 5. The second-order valence-electron chi connectivity index (χ2n) is 5.02. The number of nitrogens with two attached hydrogens (primary N) is 1. The van der Waals surface area contributed by atoms with E-state index < -0.39 is 6.03 Å². The molecule has 24 heavy (non-hydrogen) atoms. The van der Waals surface area contributed by atoms with Gasteiger partial charge in [0, 0.05) is 23.5 Å². The molecule has 0 fully saturated rings. The third-order valence-electron chi connectivity index (χ3n) is 3.45. The highest BCUT2D eigenvalue weighted by Gasteiger charge is 2.18. The monoisotopic (exact) mass is 324 g/mol. The first-order valence-corrected chi connectivity index (χ1v) is 7.18. The number of rotatable bonds is 4. The molecule has 0 aliphatic heterocycles. The Hall–Kier alpha value is -3.42. The lowest BCUT2D eigenvalue weighted by Gasteiger charge is -2.07. The molecular formula is C16H16N6O2. The topological polar surface area (TPSA) is 108 Å². The van der Waals surface area contributed by atoms with E-state index in [1.165, 1.54) is 7.11 Å². The van der Waals surface area contributed by atoms with Crippen molar-refractivity contribution in [1.29, 1.82) is 0 Å². The van der Waals surface area contributed by atoms with E-state index >= 15 is 0 Å². The number of anilines is 1. The van der Waals surface area contributed by atoms with Gasteiger partial charge in [0.15, 0.2) is 0 Å². The van der Waals surface area contributed by atoms with Gasteiger partial charge < -0.3 is 10.5 Å². The predicted molar refractivity (Wildman–Crippen MR) is 89.1 cm³/mol. The van der Waals surface area contributed by atoms with Gasteiger partial charge in [-0.2, -0.15) is 5.10 Å². The van der Waals surface area contributed by atoms with Gasteiger partial charge in [-0.15, -0.1) is 0 Å². The molecule has 2 aromatic heterocycles. The molecule has 0 spiro atoms. The summed E-state index contributed by atoms with van der Waals surface area (Å²) in [6.07, 6.45) is 3.23. The van der Waals surface area contributed by atoms with Crippen molar-refractivity contribution in [3.63, 3.8) is 0 Å². The summed E-state index contributed by atoms with van der Waals surface area (Å²) < 4.78 is 6.59. The maximum Gasteiger partial charge on any atom is 0.317 e. The van der Waals surface area contributed by atoms with Crippen molar-refractivity contribution in [2.45, 2.75) is 6.92 Å². The number of nitrogens with zero attached hydrogens (tertiary/aromatic N) is 4. The first-order chi connectivity index (χ1) is 11.6. The summed E-state index contributed by atoms with van der Waals surface area (Å²) in [6.45, 7) is 1.84. The number of aromatic nitrogens is 4. The normalized spacial score (nSPS) is 10.4. The zero-order valence-electron chi connectivity index (χ0n) is 13.2. The van der Waals surface area contributed by atoms with Crippen molar-refractivity contribution in [1.82, 2.24) is 19.7 Å². The lowest BCUT2D eigenvalue weighted by molar-refractivity contribution is 0.259. The fourth-order valence-electron chi connectivity index (χ4n) is 2.33. The molecule has 3 aromatic rings. The zero-order valence-corrected chi connectivity index (χ0v) is 13.2. The van der Waals surface area contributed by atoms with E-state index in [9.17, 15) is 4.79 Å². The number of primary amides is 1. The Morgan fingerprint density at radius 2 is 1.88 bits per heavy atom. The molecule has 0 atom stereocenters. The first-order valence-electron chi connectivity index (χ1n) is 7.18. The number of urea groups is 1. The zero-order chi connectivity index (χ0) is 17.1. The van der Waals surface area contributed by atoms with E-state index in [1.807, 2.05) is 37.3 Å². The summed E-state index contributed by atoms with van der Waals surface area (Å²) in [4.78, 5) is 19.5. The minimum atomic E-state index is -0.660. The number of carbonyl (C=O) groups excluding carboxylic acids is 1. The van der Waals surface area contributed by atoms with Gasteiger partial charge >= 0.3 is 12.0 Å². The van der Waals surface area contributed by atoms with Crippen LogP contribution in [0.4, 0.5) is 10.6 Å². The molecule has 2 amide bonds. The van der Waals surface area contributed by atoms with Gasteiger partial charge in [-0.1, -0.05) is 18.2 Å². The first kappa shape index (κ1) is 15.5. The molecule has 0 saturated carbocycles. The largest absolute Gasteiger partial charge is 0.467 e. The van der Waals surface area contributed by atoms with Gasteiger partial charge in [0.2, 0.25) is 0 Å². The third kappa shape index (κ3) is 2.89. The van der Waals surface area contributed by atoms with E-state index in [4.69, 9.17) is 10.5 Å². The number of benzene rings is 1. The average molecular weight is 324 g/mol. The molecule has 0 aliphatic rings. The van der Waals surface area contributed by atoms with Crippen LogP contribution in [0.3, 0.4) is 0 Å². The lowest BCUT2D eigenvalue weighted by Crippen LogP contribution is -2.21. The molecule has 1 aromatic carbocycles. The molecule has 2 heterocycles. The number of para-hydroxylation sites is 1. The number of amides is 2. The van der Waals surface area contributed by atoms with Crippen molar-refractivity contribution in [3.8, 4) is 23.0 Å². The van der Waals surface area contributed by atoms with Gasteiger partial charge in [0.25, 0.3) is 0 Å². The van der Waals surface area contributed by atoms with E-state index in [-0.39, 0.29) is 6.01 Å². The van der Waals surface area contributed by atoms with Crippen LogP contribution < -0.4 is 15.8 Å². The summed E-state index contributed by atoms with van der Waals surface area (Å²) in [5.41, 5.74) is 8.19. The minimum Gasteiger partial charge on any atom is -0.467 e. The molecule has 8 heteroatoms. The molecule has 0 aliphatic carbocycles. The second-order valence-corrected chi connectivity index (χ2v) is 5.02. The van der Waals surface area contributed by atoms with Crippen molar-refractivity contribution in [3.05, 3.63) is 48.3 Å². The van der Waals surface area contributed by atoms with Crippen molar-refractivity contribution in [2.75, 3.05) is 12.4 Å². The highest BCUT2D eigenvalue weighted by atomic mass is 16.5. The maximum absolute atomic E-state index is 11.4. The predicted octanol–water partition coefficient (Wildman–Crippen LogP) is 2.14. The molecule has 122 valence electrons. The highest BCUT2D eigenvalue weighted by molar-refractivity contribution is 5.89. The quantitative estimate of drug-likeness (QED) is 0.764. The van der Waals surface area contributed by atoms with Crippen LogP contribution in [0.5, 0.6) is 6.01 Å². The van der Waals surface area contributed by atoms with E-state index in [2.05, 4.69) is 20.4 Å². The maximum atomic E-state index is 11.4. The van der Waals surface area contributed by atoms with E-state index in [0.29, 0.717) is 17.1 Å². The Labute approximate surface area is 138 Å². The van der Waals surface area contributed by atoms with Crippen molar-refractivity contribution >= 4 is 11.8 Å². The second kappa shape index (κ2) is 6.37. The molecule has 3 N–H and O–H groups in total. The van der Waals surface area contributed by atoms with Gasteiger partial charge in [0.1, 0.15) is 11.5 Å². The summed E-state index contributed by atoms with van der Waals surface area (Å²) in [6, 6.07) is 9.05. The highest BCUT2D eigenvalue weighted by Crippen LogP contribution is 2.29. The van der Waals surface area contributed by atoms with Crippen LogP contribution in [0.25, 0.3) is 16.9 Å². The lowest BCUT2D eigenvalue weighted by atomic mass is 10.1. The van der Waals surface area contributed by atoms with Crippen LogP contribution in [0, 0.1) is 6.92 Å². The molecule has 0 saturated heterocycles. The summed E-state index contributed by atoms with van der Waals surface area (Å²) >= 11 is 0. The Morgan fingerprint density at radius 1 is 1.21 bits per heavy atom. The molecule has 0 bridgehead atoms. The summed E-state index contributed by atoms with van der Waals surface area (Å²) in [5, 5.41) is 7.21. The Balaban J connectivity index is 2.13. The molecular weight excluding hydrogens is 308 g/mol. The van der Waals surface area contributed by atoms with Gasteiger partial charge in [-0.25, -0.2) is 19.4 Å². The van der Waals surface area contributed by atoms with Crippen molar-refractivity contribution in [2.24, 2.45) is 5.73 Å². The number of hydrogen-bond donors (Lipinski definition) is 2. The summed E-state index contributed by atoms with van der Waals surface area (Å²) in [5.74, 6) is 0.500. The van der Waals surface area contributed by atoms with E-state index in [1.54, 1.807) is 17.1 Å². The minimum absolute atomic E-state index is 0.273. The SMILES string of the molecule is COc1ncc(-c2nn(-c3ccccc3)c(NC(N)=O)c2C)cn1. The van der Waals surface area contributed by atoms with Crippen LogP contribution in [0.1, 0.15) is 5.56 Å². The molecule has 3 rings (SSSR count). The third-order valence-corrected chi connectivity index (χ3v) is 3.45. The summed E-state index contributed by atoms with van der Waals surface area (Å²) in [7, 11) is 1.50. The van der Waals surface area contributed by atoms with Gasteiger partial charge in [-0.3, -0.25) is 5.32 Å². The number of methoxy groups -OCH3 is 1. The Bertz CT molecular complexity index is 858. The number of nitrogens with one attached hydrogen (secondary N) is 1.